The van der Waals surface area contributed by atoms with Crippen LogP contribution in [0, 0.1) is 6.92 Å². The second kappa shape index (κ2) is 10.0. The molecule has 2 aromatic rings. The fourth-order valence-corrected chi connectivity index (χ4v) is 3.57. The second-order valence-electron chi connectivity index (χ2n) is 6.74. The molecule has 0 unspecified atom stereocenters. The molecule has 1 heterocycles. The maximum atomic E-state index is 13.1. The minimum Gasteiger partial charge on any atom is -0.490 e. The molecule has 0 spiro atoms. The number of nitrogens with zero attached hydrogens (tertiary/aromatic N) is 1. The van der Waals surface area contributed by atoms with Gasteiger partial charge >= 0.3 is 6.03 Å². The number of ether oxygens (including phenoxy) is 2. The van der Waals surface area contributed by atoms with Crippen LogP contribution in [0.25, 0.3) is 6.08 Å². The van der Waals surface area contributed by atoms with Crippen molar-refractivity contribution < 1.29 is 23.9 Å². The molecule has 4 amide bonds. The Kier molecular flexibility index (Phi) is 7.37. The highest BCUT2D eigenvalue weighted by Crippen LogP contribution is 2.35. The molecule has 0 radical (unpaired) electrons. The Morgan fingerprint density at radius 1 is 1.16 bits per heavy atom. The van der Waals surface area contributed by atoms with Crippen molar-refractivity contribution in [2.75, 3.05) is 18.1 Å². The van der Waals surface area contributed by atoms with Gasteiger partial charge in [0.1, 0.15) is 12.2 Å². The van der Waals surface area contributed by atoms with Crippen molar-refractivity contribution in [2.24, 2.45) is 0 Å². The van der Waals surface area contributed by atoms with E-state index in [2.05, 4.69) is 27.8 Å². The van der Waals surface area contributed by atoms with Gasteiger partial charge in [-0.1, -0.05) is 46.3 Å². The van der Waals surface area contributed by atoms with Crippen LogP contribution in [0.15, 0.2) is 53.0 Å². The minimum absolute atomic E-state index is 0.218. The van der Waals surface area contributed by atoms with E-state index in [1.807, 2.05) is 6.92 Å². The highest BCUT2D eigenvalue weighted by Gasteiger charge is 2.37. The summed E-state index contributed by atoms with van der Waals surface area (Å²) < 4.78 is 11.8. The number of imide groups is 2. The normalized spacial score (nSPS) is 15.1. The van der Waals surface area contributed by atoms with Crippen molar-refractivity contribution in [3.63, 3.8) is 0 Å². The molecule has 3 rings (SSSR count). The molecule has 0 atom stereocenters. The zero-order valence-electron chi connectivity index (χ0n) is 17.4. The summed E-state index contributed by atoms with van der Waals surface area (Å²) in [6.07, 6.45) is 2.99. The van der Waals surface area contributed by atoms with Crippen LogP contribution in [0.4, 0.5) is 10.5 Å². The number of hydrogen-bond donors (Lipinski definition) is 1. The molecule has 0 bridgehead atoms. The molecule has 0 aliphatic carbocycles. The third-order valence-electron chi connectivity index (χ3n) is 4.53. The van der Waals surface area contributed by atoms with Crippen LogP contribution >= 0.6 is 27.5 Å². The molecule has 1 saturated heterocycles. The Balaban J connectivity index is 2.04. The van der Waals surface area contributed by atoms with Gasteiger partial charge in [-0.3, -0.25) is 14.9 Å². The second-order valence-corrected chi connectivity index (χ2v) is 8.01. The SMILES string of the molecule is C=CCOc1cc(Br)c(/C=C2/C(=O)NC(=O)N(c3ccc(C)c(Cl)c3)C2=O)cc1OCC. The largest absolute Gasteiger partial charge is 0.490 e. The van der Waals surface area contributed by atoms with Crippen LogP contribution in [0.3, 0.4) is 0 Å². The summed E-state index contributed by atoms with van der Waals surface area (Å²) in [6.45, 7) is 7.92. The number of anilines is 1. The van der Waals surface area contributed by atoms with Gasteiger partial charge in [-0.2, -0.15) is 0 Å². The van der Waals surface area contributed by atoms with Gasteiger partial charge in [-0.05, 0) is 55.3 Å². The fourth-order valence-electron chi connectivity index (χ4n) is 2.96. The van der Waals surface area contributed by atoms with E-state index in [0.29, 0.717) is 33.2 Å². The number of halogens is 2. The average Bonchev–Trinajstić information content (AvgIpc) is 2.74. The maximum Gasteiger partial charge on any atom is 0.335 e. The third-order valence-corrected chi connectivity index (χ3v) is 5.63. The van der Waals surface area contributed by atoms with Crippen LogP contribution in [0.1, 0.15) is 18.1 Å². The summed E-state index contributed by atoms with van der Waals surface area (Å²) in [4.78, 5) is 38.9. The van der Waals surface area contributed by atoms with Crippen molar-refractivity contribution in [1.82, 2.24) is 5.32 Å². The van der Waals surface area contributed by atoms with Crippen molar-refractivity contribution in [2.45, 2.75) is 13.8 Å². The number of carbonyl (C=O) groups excluding carboxylic acids is 3. The van der Waals surface area contributed by atoms with Gasteiger partial charge in [0.2, 0.25) is 0 Å². The molecule has 9 heteroatoms. The first-order chi connectivity index (χ1) is 15.3. The first kappa shape index (κ1) is 23.6. The van der Waals surface area contributed by atoms with Crippen LogP contribution in [-0.4, -0.2) is 31.1 Å². The van der Waals surface area contributed by atoms with Crippen molar-refractivity contribution >= 4 is 57.1 Å². The lowest BCUT2D eigenvalue weighted by atomic mass is 10.1. The van der Waals surface area contributed by atoms with Gasteiger partial charge < -0.3 is 9.47 Å². The average molecular weight is 520 g/mol. The van der Waals surface area contributed by atoms with Crippen LogP contribution in [0.5, 0.6) is 11.5 Å². The molecule has 1 aliphatic rings. The van der Waals surface area contributed by atoms with Gasteiger partial charge in [-0.25, -0.2) is 9.69 Å². The number of amides is 4. The minimum atomic E-state index is -0.848. The molecular formula is C23H20BrClN2O5. The highest BCUT2D eigenvalue weighted by atomic mass is 79.9. The highest BCUT2D eigenvalue weighted by molar-refractivity contribution is 9.10. The fraction of sp³-hybridized carbons (Fsp3) is 0.174. The molecule has 0 saturated carbocycles. The van der Waals surface area contributed by atoms with E-state index < -0.39 is 17.8 Å². The Morgan fingerprint density at radius 3 is 2.53 bits per heavy atom. The van der Waals surface area contributed by atoms with E-state index in [1.54, 1.807) is 37.3 Å². The summed E-state index contributed by atoms with van der Waals surface area (Å²) in [5.41, 5.74) is 1.32. The predicted molar refractivity (Wildman–Crippen MR) is 126 cm³/mol. The number of barbiturate groups is 1. The molecule has 166 valence electrons. The number of urea groups is 1. The first-order valence-corrected chi connectivity index (χ1v) is 10.8. The molecule has 32 heavy (non-hydrogen) atoms. The summed E-state index contributed by atoms with van der Waals surface area (Å²) in [5, 5.41) is 2.59. The summed E-state index contributed by atoms with van der Waals surface area (Å²) >= 11 is 9.59. The van der Waals surface area contributed by atoms with E-state index in [1.165, 1.54) is 12.1 Å². The lowest BCUT2D eigenvalue weighted by molar-refractivity contribution is -0.122. The zero-order valence-corrected chi connectivity index (χ0v) is 19.7. The number of benzene rings is 2. The number of carbonyl (C=O) groups is 3. The first-order valence-electron chi connectivity index (χ1n) is 9.64. The topological polar surface area (TPSA) is 84.9 Å². The number of aryl methyl sites for hydroxylation is 1. The van der Waals surface area contributed by atoms with Gasteiger partial charge in [0.25, 0.3) is 11.8 Å². The number of hydrogen-bond acceptors (Lipinski definition) is 5. The van der Waals surface area contributed by atoms with E-state index in [4.69, 9.17) is 21.1 Å². The van der Waals surface area contributed by atoms with E-state index in [-0.39, 0.29) is 17.9 Å². The third kappa shape index (κ3) is 4.87. The van der Waals surface area contributed by atoms with E-state index in [0.717, 1.165) is 10.5 Å². The lowest BCUT2D eigenvalue weighted by Gasteiger charge is -2.26. The van der Waals surface area contributed by atoms with Crippen LogP contribution < -0.4 is 19.7 Å². The standard InChI is InChI=1S/C23H20BrClN2O5/c1-4-8-32-20-12-17(24)14(10-19(20)31-5-2)9-16-21(28)26-23(30)27(22(16)29)15-7-6-13(3)18(25)11-15/h4,6-7,9-12H,1,5,8H2,2-3H3,(H,26,28,30)/b16-9-. The Hall–Kier alpha value is -3.10. The van der Waals surface area contributed by atoms with Crippen molar-refractivity contribution in [3.8, 4) is 11.5 Å². The Morgan fingerprint density at radius 2 is 1.88 bits per heavy atom. The van der Waals surface area contributed by atoms with Gasteiger partial charge in [0, 0.05) is 9.50 Å². The van der Waals surface area contributed by atoms with E-state index >= 15 is 0 Å². The number of nitrogens with one attached hydrogen (secondary N) is 1. The molecular weight excluding hydrogens is 500 g/mol. The molecule has 7 nitrogen and oxygen atoms in total. The zero-order chi connectivity index (χ0) is 23.4. The van der Waals surface area contributed by atoms with Gasteiger partial charge in [0.15, 0.2) is 11.5 Å². The predicted octanol–water partition coefficient (Wildman–Crippen LogP) is 5.04. The van der Waals surface area contributed by atoms with Crippen molar-refractivity contribution in [3.05, 3.63) is 69.2 Å². The van der Waals surface area contributed by atoms with Gasteiger partial charge in [0.05, 0.1) is 12.3 Å². The Bertz CT molecular complexity index is 1150. The summed E-state index contributed by atoms with van der Waals surface area (Å²) in [6, 6.07) is 7.24. The van der Waals surface area contributed by atoms with Crippen LogP contribution in [0.2, 0.25) is 5.02 Å². The van der Waals surface area contributed by atoms with Crippen LogP contribution in [-0.2, 0) is 9.59 Å². The Labute approximate surface area is 198 Å². The molecule has 1 N–H and O–H groups in total. The molecule has 2 aromatic carbocycles. The smallest absolute Gasteiger partial charge is 0.335 e. The van der Waals surface area contributed by atoms with Gasteiger partial charge in [-0.15, -0.1) is 0 Å². The summed E-state index contributed by atoms with van der Waals surface area (Å²) in [5.74, 6) is -0.653. The molecule has 0 aromatic heterocycles. The van der Waals surface area contributed by atoms with Crippen molar-refractivity contribution in [1.29, 1.82) is 0 Å². The lowest BCUT2D eigenvalue weighted by Crippen LogP contribution is -2.54. The number of rotatable bonds is 7. The van der Waals surface area contributed by atoms with E-state index in [9.17, 15) is 14.4 Å². The maximum absolute atomic E-state index is 13.1. The molecule has 1 fully saturated rings. The summed E-state index contributed by atoms with van der Waals surface area (Å²) in [7, 11) is 0. The molecule has 1 aliphatic heterocycles. The quantitative estimate of drug-likeness (QED) is 0.315. The monoisotopic (exact) mass is 518 g/mol.